The number of rotatable bonds is 3. The van der Waals surface area contributed by atoms with Crippen molar-refractivity contribution in [3.63, 3.8) is 0 Å². The van der Waals surface area contributed by atoms with Crippen LogP contribution in [0.3, 0.4) is 0 Å². The fourth-order valence-corrected chi connectivity index (χ4v) is 3.04. The Bertz CT molecular complexity index is 1000. The maximum atomic E-state index is 6.43. The quantitative estimate of drug-likeness (QED) is 0.415. The Labute approximate surface area is 151 Å². The minimum atomic E-state index is 0.603. The molecule has 0 amide bonds. The zero-order valence-electron chi connectivity index (χ0n) is 13.4. The van der Waals surface area contributed by atoms with Gasteiger partial charge in [-0.15, -0.1) is 0 Å². The Morgan fingerprint density at radius 1 is 0.720 bits per heavy atom. The van der Waals surface area contributed by atoms with Gasteiger partial charge in [-0.2, -0.15) is 0 Å². The zero-order valence-corrected chi connectivity index (χ0v) is 14.2. The van der Waals surface area contributed by atoms with Gasteiger partial charge in [-0.05, 0) is 6.07 Å². The van der Waals surface area contributed by atoms with Crippen LogP contribution in [0.25, 0.3) is 10.9 Å². The lowest BCUT2D eigenvalue weighted by Crippen LogP contribution is -2.02. The number of benzene rings is 3. The van der Waals surface area contributed by atoms with Crippen LogP contribution in [0.5, 0.6) is 0 Å². The van der Waals surface area contributed by atoms with Crippen LogP contribution in [-0.2, 0) is 0 Å². The molecule has 0 aliphatic carbocycles. The van der Waals surface area contributed by atoms with Gasteiger partial charge in [0.25, 0.3) is 0 Å². The highest BCUT2D eigenvalue weighted by molar-refractivity contribution is 6.35. The van der Waals surface area contributed by atoms with Gasteiger partial charge in [0, 0.05) is 22.6 Å². The van der Waals surface area contributed by atoms with Crippen LogP contribution in [0, 0.1) is 0 Å². The van der Waals surface area contributed by atoms with Gasteiger partial charge < -0.3 is 0 Å². The molecule has 0 radical (unpaired) electrons. The van der Waals surface area contributed by atoms with Crippen LogP contribution in [0.2, 0.25) is 5.02 Å². The molecule has 0 atom stereocenters. The third-order valence-electron chi connectivity index (χ3n) is 3.97. The van der Waals surface area contributed by atoms with Crippen LogP contribution < -0.4 is 0 Å². The van der Waals surface area contributed by atoms with Crippen molar-refractivity contribution in [1.29, 1.82) is 0 Å². The summed E-state index contributed by atoms with van der Waals surface area (Å²) < 4.78 is 0. The maximum Gasteiger partial charge on any atom is 0.154 e. The number of hydrogen-bond donors (Lipinski definition) is 0. The van der Waals surface area contributed by atoms with Crippen molar-refractivity contribution in [2.45, 2.75) is 0 Å². The second kappa shape index (κ2) is 6.88. The molecule has 1 heterocycles. The molecule has 25 heavy (non-hydrogen) atoms. The van der Waals surface area contributed by atoms with Gasteiger partial charge in [0.2, 0.25) is 0 Å². The van der Waals surface area contributed by atoms with Crippen molar-refractivity contribution >= 4 is 34.0 Å². The van der Waals surface area contributed by atoms with E-state index in [2.05, 4.69) is 29.2 Å². The topological polar surface area (TPSA) is 25.2 Å². The first-order valence-corrected chi connectivity index (χ1v) is 8.44. The standard InChI is InChI=1S/C22H15ClN2/c23-19-15-21(24-20-14-8-7-13-18(19)20)25-22(16-9-3-1-4-10-16)17-11-5-2-6-12-17/h1-15H. The van der Waals surface area contributed by atoms with E-state index in [1.54, 1.807) is 0 Å². The minimum Gasteiger partial charge on any atom is -0.229 e. The summed E-state index contributed by atoms with van der Waals surface area (Å²) in [6, 6.07) is 29.9. The Hall–Kier alpha value is -2.97. The summed E-state index contributed by atoms with van der Waals surface area (Å²) in [5, 5.41) is 1.59. The molecule has 4 aromatic rings. The number of aromatic nitrogens is 1. The minimum absolute atomic E-state index is 0.603. The summed E-state index contributed by atoms with van der Waals surface area (Å²) in [5.74, 6) is 0.603. The maximum absolute atomic E-state index is 6.43. The molecule has 4 rings (SSSR count). The first kappa shape index (κ1) is 15.6. The smallest absolute Gasteiger partial charge is 0.154 e. The largest absolute Gasteiger partial charge is 0.229 e. The summed E-state index contributed by atoms with van der Waals surface area (Å²) in [6.07, 6.45) is 0. The molecular formula is C22H15ClN2. The van der Waals surface area contributed by atoms with E-state index in [1.807, 2.05) is 66.7 Å². The molecule has 0 saturated carbocycles. The number of nitrogens with zero attached hydrogens (tertiary/aromatic N) is 2. The molecular weight excluding hydrogens is 328 g/mol. The fraction of sp³-hybridized carbons (Fsp3) is 0. The highest BCUT2D eigenvalue weighted by Crippen LogP contribution is 2.27. The van der Waals surface area contributed by atoms with Crippen LogP contribution in [0.15, 0.2) is 96.0 Å². The Balaban J connectivity index is 1.91. The number of halogens is 1. The summed E-state index contributed by atoms with van der Waals surface area (Å²) in [6.45, 7) is 0. The average molecular weight is 343 g/mol. The van der Waals surface area contributed by atoms with Crippen molar-refractivity contribution in [3.05, 3.63) is 107 Å². The molecule has 0 spiro atoms. The van der Waals surface area contributed by atoms with E-state index >= 15 is 0 Å². The van der Waals surface area contributed by atoms with Gasteiger partial charge >= 0.3 is 0 Å². The van der Waals surface area contributed by atoms with Gasteiger partial charge in [0.15, 0.2) is 5.82 Å². The van der Waals surface area contributed by atoms with Crippen LogP contribution in [0.4, 0.5) is 5.82 Å². The van der Waals surface area contributed by atoms with E-state index < -0.39 is 0 Å². The summed E-state index contributed by atoms with van der Waals surface area (Å²) >= 11 is 6.43. The Morgan fingerprint density at radius 2 is 1.28 bits per heavy atom. The molecule has 0 aliphatic heterocycles. The molecule has 0 saturated heterocycles. The Morgan fingerprint density at radius 3 is 1.92 bits per heavy atom. The number of pyridine rings is 1. The third kappa shape index (κ3) is 3.30. The molecule has 2 nitrogen and oxygen atoms in total. The first-order chi connectivity index (χ1) is 12.3. The van der Waals surface area contributed by atoms with Crippen LogP contribution in [-0.4, -0.2) is 10.7 Å². The molecule has 0 bridgehead atoms. The molecule has 3 heteroatoms. The second-order valence-corrected chi connectivity index (χ2v) is 6.08. The lowest BCUT2D eigenvalue weighted by atomic mass is 10.0. The third-order valence-corrected chi connectivity index (χ3v) is 4.29. The van der Waals surface area contributed by atoms with Crippen molar-refractivity contribution < 1.29 is 0 Å². The summed E-state index contributed by atoms with van der Waals surface area (Å²) in [5.41, 5.74) is 3.80. The monoisotopic (exact) mass is 342 g/mol. The number of hydrogen-bond acceptors (Lipinski definition) is 2. The average Bonchev–Trinajstić information content (AvgIpc) is 2.67. The van der Waals surface area contributed by atoms with Gasteiger partial charge in [-0.1, -0.05) is 90.5 Å². The zero-order chi connectivity index (χ0) is 17.1. The molecule has 0 aliphatic rings. The highest BCUT2D eigenvalue weighted by Gasteiger charge is 2.09. The molecule has 120 valence electrons. The van der Waals surface area contributed by atoms with Crippen molar-refractivity contribution in [3.8, 4) is 0 Å². The Kier molecular flexibility index (Phi) is 4.28. The molecule has 0 unspecified atom stereocenters. The van der Waals surface area contributed by atoms with Crippen LogP contribution in [0.1, 0.15) is 11.1 Å². The van der Waals surface area contributed by atoms with Crippen molar-refractivity contribution in [2.75, 3.05) is 0 Å². The summed E-state index contributed by atoms with van der Waals surface area (Å²) in [4.78, 5) is 9.49. The first-order valence-electron chi connectivity index (χ1n) is 8.06. The second-order valence-electron chi connectivity index (χ2n) is 5.67. The summed E-state index contributed by atoms with van der Waals surface area (Å²) in [7, 11) is 0. The molecule has 3 aromatic carbocycles. The van der Waals surface area contributed by atoms with Crippen molar-refractivity contribution in [1.82, 2.24) is 4.98 Å². The predicted molar refractivity (Wildman–Crippen MR) is 105 cm³/mol. The number of para-hydroxylation sites is 1. The van der Waals surface area contributed by atoms with Gasteiger partial charge in [0.1, 0.15) is 0 Å². The lowest BCUT2D eigenvalue weighted by Gasteiger charge is -2.08. The number of aliphatic imine (C=N–C) groups is 1. The molecule has 0 fully saturated rings. The van der Waals surface area contributed by atoms with Crippen molar-refractivity contribution in [2.24, 2.45) is 4.99 Å². The van der Waals surface area contributed by atoms with E-state index in [1.165, 1.54) is 0 Å². The molecule has 0 N–H and O–H groups in total. The van der Waals surface area contributed by atoms with Gasteiger partial charge in [-0.3, -0.25) is 0 Å². The predicted octanol–water partition coefficient (Wildman–Crippen LogP) is 6.06. The van der Waals surface area contributed by atoms with Gasteiger partial charge in [-0.25, -0.2) is 9.98 Å². The van der Waals surface area contributed by atoms with E-state index in [-0.39, 0.29) is 0 Å². The number of fused-ring (bicyclic) bond motifs is 1. The van der Waals surface area contributed by atoms with E-state index in [0.29, 0.717) is 10.8 Å². The molecule has 1 aromatic heterocycles. The lowest BCUT2D eigenvalue weighted by molar-refractivity contribution is 1.32. The SMILES string of the molecule is Clc1cc(N=C(c2ccccc2)c2ccccc2)nc2ccccc12. The van der Waals surface area contributed by atoms with E-state index in [0.717, 1.165) is 27.7 Å². The normalized spacial score (nSPS) is 10.6. The van der Waals surface area contributed by atoms with Gasteiger partial charge in [0.05, 0.1) is 16.3 Å². The van der Waals surface area contributed by atoms with E-state index in [9.17, 15) is 0 Å². The van der Waals surface area contributed by atoms with E-state index in [4.69, 9.17) is 16.6 Å². The fourth-order valence-electron chi connectivity index (χ4n) is 2.78. The van der Waals surface area contributed by atoms with Crippen LogP contribution >= 0.6 is 11.6 Å². The highest BCUT2D eigenvalue weighted by atomic mass is 35.5.